The number of ether oxygens (including phenoxy) is 1. The van der Waals surface area contributed by atoms with E-state index in [1.807, 2.05) is 36.4 Å². The number of imidazole rings is 1. The van der Waals surface area contributed by atoms with Crippen LogP contribution in [-0.4, -0.2) is 27.1 Å². The van der Waals surface area contributed by atoms with E-state index in [9.17, 15) is 9.90 Å². The van der Waals surface area contributed by atoms with Crippen molar-refractivity contribution in [2.24, 2.45) is 0 Å². The SMILES string of the molecule is O=C(O)c1c(CCCOc2ccccc2)nc2ccccn12. The summed E-state index contributed by atoms with van der Waals surface area (Å²) in [6, 6.07) is 15.0. The Kier molecular flexibility index (Phi) is 4.05. The van der Waals surface area contributed by atoms with Crippen molar-refractivity contribution in [3.8, 4) is 5.75 Å². The number of nitrogens with zero attached hydrogens (tertiary/aromatic N) is 2. The summed E-state index contributed by atoms with van der Waals surface area (Å²) in [6.07, 6.45) is 2.99. The third kappa shape index (κ3) is 2.93. The zero-order valence-electron chi connectivity index (χ0n) is 12.0. The first-order valence-corrected chi connectivity index (χ1v) is 7.13. The van der Waals surface area contributed by atoms with Crippen LogP contribution >= 0.6 is 0 Å². The summed E-state index contributed by atoms with van der Waals surface area (Å²) < 4.78 is 7.23. The van der Waals surface area contributed by atoms with Gasteiger partial charge in [0, 0.05) is 6.20 Å². The normalized spacial score (nSPS) is 10.7. The van der Waals surface area contributed by atoms with Gasteiger partial charge in [0.25, 0.3) is 0 Å². The predicted molar refractivity (Wildman–Crippen MR) is 82.4 cm³/mol. The number of benzene rings is 1. The van der Waals surface area contributed by atoms with Crippen LogP contribution in [0.1, 0.15) is 22.6 Å². The van der Waals surface area contributed by atoms with Gasteiger partial charge in [-0.15, -0.1) is 0 Å². The molecule has 0 amide bonds. The molecule has 2 aromatic heterocycles. The molecule has 0 aliphatic heterocycles. The Morgan fingerprint density at radius 3 is 2.68 bits per heavy atom. The average molecular weight is 296 g/mol. The molecule has 5 heteroatoms. The number of carboxylic acid groups (broad SMARTS) is 1. The van der Waals surface area contributed by atoms with E-state index in [1.54, 1.807) is 22.7 Å². The molecule has 5 nitrogen and oxygen atoms in total. The van der Waals surface area contributed by atoms with Gasteiger partial charge in [-0.05, 0) is 37.1 Å². The maximum absolute atomic E-state index is 11.5. The van der Waals surface area contributed by atoms with Crippen LogP contribution in [0.15, 0.2) is 54.7 Å². The van der Waals surface area contributed by atoms with Crippen LogP contribution in [0.25, 0.3) is 5.65 Å². The largest absolute Gasteiger partial charge is 0.494 e. The van der Waals surface area contributed by atoms with Gasteiger partial charge >= 0.3 is 5.97 Å². The molecule has 0 bridgehead atoms. The van der Waals surface area contributed by atoms with E-state index in [2.05, 4.69) is 4.98 Å². The van der Waals surface area contributed by atoms with Crippen molar-refractivity contribution < 1.29 is 14.6 Å². The molecule has 0 aliphatic rings. The first-order valence-electron chi connectivity index (χ1n) is 7.13. The summed E-state index contributed by atoms with van der Waals surface area (Å²) in [5.41, 5.74) is 1.48. The second kappa shape index (κ2) is 6.30. The van der Waals surface area contributed by atoms with E-state index >= 15 is 0 Å². The van der Waals surface area contributed by atoms with E-state index in [0.717, 1.165) is 5.75 Å². The number of rotatable bonds is 6. The Hall–Kier alpha value is -2.82. The number of aromatic carboxylic acids is 1. The molecule has 2 heterocycles. The van der Waals surface area contributed by atoms with Gasteiger partial charge in [-0.25, -0.2) is 9.78 Å². The van der Waals surface area contributed by atoms with Gasteiger partial charge in [0.2, 0.25) is 0 Å². The molecule has 1 aromatic carbocycles. The van der Waals surface area contributed by atoms with Crippen molar-refractivity contribution in [1.29, 1.82) is 0 Å². The summed E-state index contributed by atoms with van der Waals surface area (Å²) in [4.78, 5) is 15.9. The Labute approximate surface area is 127 Å². The second-order valence-corrected chi connectivity index (χ2v) is 4.91. The van der Waals surface area contributed by atoms with Crippen molar-refractivity contribution in [3.63, 3.8) is 0 Å². The topological polar surface area (TPSA) is 63.8 Å². The van der Waals surface area contributed by atoms with Crippen LogP contribution in [0.3, 0.4) is 0 Å². The molecule has 0 aliphatic carbocycles. The third-order valence-electron chi connectivity index (χ3n) is 3.37. The van der Waals surface area contributed by atoms with Crippen LogP contribution in [0.4, 0.5) is 0 Å². The highest BCUT2D eigenvalue weighted by molar-refractivity contribution is 5.88. The zero-order valence-corrected chi connectivity index (χ0v) is 12.0. The maximum Gasteiger partial charge on any atom is 0.354 e. The number of hydrogen-bond donors (Lipinski definition) is 1. The predicted octanol–water partition coefficient (Wildman–Crippen LogP) is 3.04. The van der Waals surface area contributed by atoms with Crippen LogP contribution in [-0.2, 0) is 6.42 Å². The lowest BCUT2D eigenvalue weighted by Crippen LogP contribution is -2.07. The number of carboxylic acids is 1. The van der Waals surface area contributed by atoms with Gasteiger partial charge in [0.15, 0.2) is 5.69 Å². The number of carbonyl (C=O) groups is 1. The van der Waals surface area contributed by atoms with Gasteiger partial charge in [-0.3, -0.25) is 4.40 Å². The van der Waals surface area contributed by atoms with Crippen LogP contribution in [0.2, 0.25) is 0 Å². The van der Waals surface area contributed by atoms with Gasteiger partial charge in [0.1, 0.15) is 11.4 Å². The average Bonchev–Trinajstić information content (AvgIpc) is 2.91. The fraction of sp³-hybridized carbons (Fsp3) is 0.176. The highest BCUT2D eigenvalue weighted by Gasteiger charge is 2.17. The summed E-state index contributed by atoms with van der Waals surface area (Å²) in [7, 11) is 0. The maximum atomic E-state index is 11.5. The number of pyridine rings is 1. The van der Waals surface area contributed by atoms with Crippen LogP contribution in [0.5, 0.6) is 5.75 Å². The van der Waals surface area contributed by atoms with Crippen molar-refractivity contribution >= 4 is 11.6 Å². The molecule has 1 N–H and O–H groups in total. The minimum absolute atomic E-state index is 0.232. The third-order valence-corrected chi connectivity index (χ3v) is 3.37. The first-order chi connectivity index (χ1) is 10.8. The smallest absolute Gasteiger partial charge is 0.354 e. The van der Waals surface area contributed by atoms with Crippen LogP contribution in [0, 0.1) is 0 Å². The summed E-state index contributed by atoms with van der Waals surface area (Å²) in [6.45, 7) is 0.525. The Balaban J connectivity index is 1.68. The van der Waals surface area contributed by atoms with Gasteiger partial charge in [0.05, 0.1) is 12.3 Å². The number of aryl methyl sites for hydroxylation is 1. The van der Waals surface area contributed by atoms with E-state index in [-0.39, 0.29) is 5.69 Å². The Morgan fingerprint density at radius 2 is 1.91 bits per heavy atom. The van der Waals surface area contributed by atoms with E-state index in [0.29, 0.717) is 30.8 Å². The molecule has 3 rings (SSSR count). The van der Waals surface area contributed by atoms with Crippen LogP contribution < -0.4 is 4.74 Å². The highest BCUT2D eigenvalue weighted by Crippen LogP contribution is 2.15. The lowest BCUT2D eigenvalue weighted by Gasteiger charge is -2.05. The highest BCUT2D eigenvalue weighted by atomic mass is 16.5. The molecule has 0 radical (unpaired) electrons. The first kappa shape index (κ1) is 14.1. The van der Waals surface area contributed by atoms with Gasteiger partial charge in [-0.2, -0.15) is 0 Å². The van der Waals surface area contributed by atoms with E-state index in [4.69, 9.17) is 4.74 Å². The second-order valence-electron chi connectivity index (χ2n) is 4.91. The quantitative estimate of drug-likeness (QED) is 0.710. The molecule has 22 heavy (non-hydrogen) atoms. The summed E-state index contributed by atoms with van der Waals surface area (Å²) >= 11 is 0. The molecule has 0 atom stereocenters. The van der Waals surface area contributed by atoms with Crippen molar-refractivity contribution in [1.82, 2.24) is 9.38 Å². The van der Waals surface area contributed by atoms with Gasteiger partial charge in [-0.1, -0.05) is 24.3 Å². The fourth-order valence-electron chi connectivity index (χ4n) is 2.39. The minimum Gasteiger partial charge on any atom is -0.494 e. The van der Waals surface area contributed by atoms with Crippen molar-refractivity contribution in [2.75, 3.05) is 6.61 Å². The lowest BCUT2D eigenvalue weighted by molar-refractivity contribution is 0.0688. The summed E-state index contributed by atoms with van der Waals surface area (Å²) in [5, 5.41) is 9.40. The van der Waals surface area contributed by atoms with E-state index < -0.39 is 5.97 Å². The van der Waals surface area contributed by atoms with E-state index in [1.165, 1.54) is 0 Å². The molecular formula is C17H16N2O3. The molecular weight excluding hydrogens is 280 g/mol. The molecule has 112 valence electrons. The molecule has 0 spiro atoms. The molecule has 0 fully saturated rings. The molecule has 0 saturated carbocycles. The number of hydrogen-bond acceptors (Lipinski definition) is 3. The number of fused-ring (bicyclic) bond motifs is 1. The fourth-order valence-corrected chi connectivity index (χ4v) is 2.39. The van der Waals surface area contributed by atoms with Crippen molar-refractivity contribution in [3.05, 3.63) is 66.1 Å². The molecule has 3 aromatic rings. The lowest BCUT2D eigenvalue weighted by atomic mass is 10.2. The minimum atomic E-state index is -0.960. The molecule has 0 saturated heterocycles. The standard InChI is InChI=1S/C17H16N2O3/c20-17(21)16-14(18-15-10-4-5-11-19(15)16)9-6-12-22-13-7-2-1-3-8-13/h1-5,7-8,10-11H,6,9,12H2,(H,20,21). The summed E-state index contributed by atoms with van der Waals surface area (Å²) in [5.74, 6) is -0.145. The Bertz CT molecular complexity index is 781. The number of aromatic nitrogens is 2. The van der Waals surface area contributed by atoms with Crippen molar-refractivity contribution in [2.45, 2.75) is 12.8 Å². The molecule has 0 unspecified atom stereocenters. The Morgan fingerprint density at radius 1 is 1.14 bits per heavy atom. The zero-order chi connectivity index (χ0) is 15.4. The number of para-hydroxylation sites is 1. The monoisotopic (exact) mass is 296 g/mol. The van der Waals surface area contributed by atoms with Gasteiger partial charge < -0.3 is 9.84 Å².